The van der Waals surface area contributed by atoms with Crippen LogP contribution in [0.4, 0.5) is 5.82 Å². The third kappa shape index (κ3) is 4.68. The summed E-state index contributed by atoms with van der Waals surface area (Å²) in [7, 11) is 0. The smallest absolute Gasteiger partial charge is 0.257 e. The number of rotatable bonds is 7. The van der Waals surface area contributed by atoms with Gasteiger partial charge in [0.1, 0.15) is 18.2 Å². The van der Waals surface area contributed by atoms with Gasteiger partial charge < -0.3 is 15.0 Å². The van der Waals surface area contributed by atoms with Crippen molar-refractivity contribution in [1.82, 2.24) is 9.97 Å². The predicted molar refractivity (Wildman–Crippen MR) is 123 cm³/mol. The van der Waals surface area contributed by atoms with Crippen molar-refractivity contribution in [3.63, 3.8) is 0 Å². The first kappa shape index (κ1) is 21.2. The molecule has 2 aromatic carbocycles. The molecule has 1 aliphatic heterocycles. The van der Waals surface area contributed by atoms with E-state index in [0.717, 1.165) is 11.1 Å². The third-order valence-corrected chi connectivity index (χ3v) is 6.19. The Balaban J connectivity index is 1.67. The Labute approximate surface area is 188 Å². The van der Waals surface area contributed by atoms with Gasteiger partial charge in [0, 0.05) is 28.7 Å². The van der Waals surface area contributed by atoms with Gasteiger partial charge in [-0.15, -0.1) is 0 Å². The van der Waals surface area contributed by atoms with Crippen molar-refractivity contribution >= 4 is 35.1 Å². The second kappa shape index (κ2) is 9.41. The zero-order chi connectivity index (χ0) is 21.8. The van der Waals surface area contributed by atoms with E-state index in [-0.39, 0.29) is 23.7 Å². The summed E-state index contributed by atoms with van der Waals surface area (Å²) in [5, 5.41) is 3.82. The monoisotopic (exact) mass is 453 g/mol. The molecule has 1 atom stereocenters. The van der Waals surface area contributed by atoms with Crippen LogP contribution in [0.15, 0.2) is 71.1 Å². The molecule has 158 valence electrons. The molecule has 0 aliphatic carbocycles. The first-order chi connectivity index (χ1) is 15.1. The van der Waals surface area contributed by atoms with E-state index in [0.29, 0.717) is 33.9 Å². The van der Waals surface area contributed by atoms with Crippen LogP contribution >= 0.6 is 23.4 Å². The lowest BCUT2D eigenvalue weighted by molar-refractivity contribution is -0.116. The number of carbonyl (C=O) groups is 1. The molecule has 0 bridgehead atoms. The number of hydrogen-bond acceptors (Lipinski definition) is 5. The number of amides is 1. The van der Waals surface area contributed by atoms with Crippen molar-refractivity contribution in [3.05, 3.63) is 93.3 Å². The van der Waals surface area contributed by atoms with Gasteiger partial charge >= 0.3 is 0 Å². The lowest BCUT2D eigenvalue weighted by Crippen LogP contribution is -2.31. The van der Waals surface area contributed by atoms with Crippen molar-refractivity contribution in [2.24, 2.45) is 0 Å². The van der Waals surface area contributed by atoms with E-state index in [1.54, 1.807) is 6.08 Å². The van der Waals surface area contributed by atoms with Gasteiger partial charge in [0.15, 0.2) is 5.16 Å². The van der Waals surface area contributed by atoms with Crippen LogP contribution in [0.1, 0.15) is 29.0 Å². The molecule has 4 rings (SSSR count). The van der Waals surface area contributed by atoms with Crippen LogP contribution in [-0.4, -0.2) is 22.5 Å². The van der Waals surface area contributed by atoms with E-state index < -0.39 is 5.92 Å². The molecule has 8 heteroatoms. The largest absolute Gasteiger partial charge is 0.489 e. The maximum atomic E-state index is 13.0. The molecule has 2 N–H and O–H groups in total. The summed E-state index contributed by atoms with van der Waals surface area (Å²) in [5.74, 6) is 0.784. The summed E-state index contributed by atoms with van der Waals surface area (Å²) in [6, 6.07) is 14.9. The summed E-state index contributed by atoms with van der Waals surface area (Å²) < 4.78 is 5.75. The molecule has 2 heterocycles. The average Bonchev–Trinajstić information content (AvgIpc) is 2.76. The highest BCUT2D eigenvalue weighted by molar-refractivity contribution is 7.98. The van der Waals surface area contributed by atoms with Crippen molar-refractivity contribution in [3.8, 4) is 5.75 Å². The predicted octanol–water partition coefficient (Wildman–Crippen LogP) is 4.75. The van der Waals surface area contributed by atoms with Crippen LogP contribution < -0.4 is 15.6 Å². The van der Waals surface area contributed by atoms with Crippen LogP contribution in [-0.2, 0) is 10.5 Å². The number of fused-ring (bicyclic) bond motifs is 1. The number of para-hydroxylation sites is 1. The summed E-state index contributed by atoms with van der Waals surface area (Å²) in [6.45, 7) is 4.00. The van der Waals surface area contributed by atoms with Crippen molar-refractivity contribution in [2.45, 2.75) is 23.2 Å². The van der Waals surface area contributed by atoms with Gasteiger partial charge in [-0.25, -0.2) is 4.98 Å². The van der Waals surface area contributed by atoms with Crippen LogP contribution in [0.3, 0.4) is 0 Å². The van der Waals surface area contributed by atoms with Crippen LogP contribution in [0.5, 0.6) is 5.75 Å². The number of anilines is 1. The molecule has 0 unspecified atom stereocenters. The van der Waals surface area contributed by atoms with Gasteiger partial charge in [0.2, 0.25) is 5.91 Å². The molecule has 0 radical (unpaired) electrons. The number of benzene rings is 2. The summed E-state index contributed by atoms with van der Waals surface area (Å²) in [4.78, 5) is 32.8. The highest BCUT2D eigenvalue weighted by Gasteiger charge is 2.32. The van der Waals surface area contributed by atoms with E-state index in [9.17, 15) is 9.59 Å². The molecule has 6 nitrogen and oxygen atoms in total. The Bertz CT molecular complexity index is 1190. The number of nitrogens with zero attached hydrogens (tertiary/aromatic N) is 1. The maximum absolute atomic E-state index is 13.0. The fourth-order valence-corrected chi connectivity index (χ4v) is 4.64. The number of carbonyl (C=O) groups excluding carboxylic acids is 1. The van der Waals surface area contributed by atoms with Crippen LogP contribution in [0.25, 0.3) is 0 Å². The second-order valence-electron chi connectivity index (χ2n) is 6.96. The highest BCUT2D eigenvalue weighted by atomic mass is 35.5. The Morgan fingerprint density at radius 2 is 1.97 bits per heavy atom. The van der Waals surface area contributed by atoms with Gasteiger partial charge in [0.25, 0.3) is 5.56 Å². The van der Waals surface area contributed by atoms with Crippen molar-refractivity contribution in [1.29, 1.82) is 0 Å². The quantitative estimate of drug-likeness (QED) is 0.306. The lowest BCUT2D eigenvalue weighted by Gasteiger charge is -2.26. The molecule has 0 saturated heterocycles. The third-order valence-electron chi connectivity index (χ3n) is 4.90. The van der Waals surface area contributed by atoms with Crippen molar-refractivity contribution in [2.75, 3.05) is 11.9 Å². The molecule has 0 spiro atoms. The Kier molecular flexibility index (Phi) is 6.44. The average molecular weight is 454 g/mol. The minimum absolute atomic E-state index is 0.137. The van der Waals surface area contributed by atoms with E-state index in [2.05, 4.69) is 21.9 Å². The molecular formula is C23H20ClN3O3S. The SMILES string of the molecule is C=CCOc1ccccc1[C@H]1CC(=O)Nc2nc(SCc3ccccc3Cl)[nH]c(=O)c21. The Morgan fingerprint density at radius 3 is 2.77 bits per heavy atom. The summed E-state index contributed by atoms with van der Waals surface area (Å²) in [5.41, 5.74) is 1.85. The number of nitrogens with one attached hydrogen (secondary N) is 2. The summed E-state index contributed by atoms with van der Waals surface area (Å²) >= 11 is 7.56. The van der Waals surface area contributed by atoms with Gasteiger partial charge in [-0.2, -0.15) is 0 Å². The van der Waals surface area contributed by atoms with E-state index >= 15 is 0 Å². The molecule has 31 heavy (non-hydrogen) atoms. The molecule has 0 saturated carbocycles. The highest BCUT2D eigenvalue weighted by Crippen LogP contribution is 2.38. The normalized spacial score (nSPS) is 15.1. The Hall–Kier alpha value is -3.03. The van der Waals surface area contributed by atoms with Gasteiger partial charge in [-0.05, 0) is 17.7 Å². The number of hydrogen-bond donors (Lipinski definition) is 2. The number of ether oxygens (including phenoxy) is 1. The molecular weight excluding hydrogens is 434 g/mol. The van der Waals surface area contributed by atoms with E-state index in [4.69, 9.17) is 16.3 Å². The van der Waals surface area contributed by atoms with Crippen LogP contribution in [0.2, 0.25) is 5.02 Å². The zero-order valence-electron chi connectivity index (χ0n) is 16.6. The Morgan fingerprint density at radius 1 is 1.19 bits per heavy atom. The van der Waals surface area contributed by atoms with E-state index in [1.165, 1.54) is 11.8 Å². The molecule has 1 aliphatic rings. The fourth-order valence-electron chi connectivity index (χ4n) is 3.49. The second-order valence-corrected chi connectivity index (χ2v) is 8.33. The number of thioether (sulfide) groups is 1. The van der Waals surface area contributed by atoms with Crippen molar-refractivity contribution < 1.29 is 9.53 Å². The first-order valence-corrected chi connectivity index (χ1v) is 11.1. The minimum Gasteiger partial charge on any atom is -0.489 e. The van der Waals surface area contributed by atoms with Gasteiger partial charge in [0.05, 0.1) is 5.56 Å². The minimum atomic E-state index is -0.455. The zero-order valence-corrected chi connectivity index (χ0v) is 18.1. The van der Waals surface area contributed by atoms with Crippen LogP contribution in [0, 0.1) is 0 Å². The number of aromatic nitrogens is 2. The lowest BCUT2D eigenvalue weighted by atomic mass is 9.86. The molecule has 0 fully saturated rings. The molecule has 3 aromatic rings. The first-order valence-electron chi connectivity index (χ1n) is 9.69. The topological polar surface area (TPSA) is 84.1 Å². The number of H-pyrrole nitrogens is 1. The standard InChI is InChI=1S/C23H20ClN3O3S/c1-2-11-30-18-10-6-4-8-15(18)16-12-19(28)25-21-20(16)22(29)27-23(26-21)31-13-14-7-3-5-9-17(14)24/h2-10,16H,1,11-13H2,(H2,25,26,27,28,29)/t16-/m1/s1. The molecule has 1 aromatic heterocycles. The number of halogens is 1. The van der Waals surface area contributed by atoms with Gasteiger partial charge in [-0.3, -0.25) is 9.59 Å². The van der Waals surface area contributed by atoms with Gasteiger partial charge in [-0.1, -0.05) is 72.4 Å². The molecule has 1 amide bonds. The maximum Gasteiger partial charge on any atom is 0.257 e. The van der Waals surface area contributed by atoms with E-state index in [1.807, 2.05) is 48.5 Å². The fraction of sp³-hybridized carbons (Fsp3) is 0.174. The summed E-state index contributed by atoms with van der Waals surface area (Å²) in [6.07, 6.45) is 1.79. The number of aromatic amines is 1.